The van der Waals surface area contributed by atoms with Gasteiger partial charge in [0.05, 0.1) is 6.54 Å². The number of hydrogen-bond donors (Lipinski definition) is 2. The van der Waals surface area contributed by atoms with Crippen molar-refractivity contribution in [3.8, 4) is 0 Å². The summed E-state index contributed by atoms with van der Waals surface area (Å²) in [7, 11) is 0. The standard InChI is InChI=1S/C13H24N4O2/c1-3-6-14-9-11-16-17-12(19-11)15-10-13(2)4-7-18-8-5-13/h14H,3-10H2,1-2H3,(H,15,17). The minimum atomic E-state index is 0.257. The van der Waals surface area contributed by atoms with Crippen LogP contribution in [0, 0.1) is 5.41 Å². The molecule has 108 valence electrons. The van der Waals surface area contributed by atoms with Crippen LogP contribution < -0.4 is 10.6 Å². The molecule has 0 amide bonds. The third-order valence-corrected chi connectivity index (χ3v) is 3.54. The summed E-state index contributed by atoms with van der Waals surface area (Å²) >= 11 is 0. The molecule has 0 bridgehead atoms. The normalized spacial score (nSPS) is 18.4. The fraction of sp³-hybridized carbons (Fsp3) is 0.846. The van der Waals surface area contributed by atoms with Gasteiger partial charge in [-0.2, -0.15) is 0 Å². The molecule has 2 heterocycles. The van der Waals surface area contributed by atoms with Gasteiger partial charge in [-0.3, -0.25) is 0 Å². The second-order valence-corrected chi connectivity index (χ2v) is 5.45. The Labute approximate surface area is 114 Å². The van der Waals surface area contributed by atoms with Crippen molar-refractivity contribution in [3.63, 3.8) is 0 Å². The smallest absolute Gasteiger partial charge is 0.315 e. The van der Waals surface area contributed by atoms with Gasteiger partial charge in [0, 0.05) is 19.8 Å². The maximum absolute atomic E-state index is 5.54. The van der Waals surface area contributed by atoms with Crippen molar-refractivity contribution in [2.45, 2.75) is 39.7 Å². The molecule has 0 aromatic carbocycles. The van der Waals surface area contributed by atoms with Crippen LogP contribution in [0.25, 0.3) is 0 Å². The highest BCUT2D eigenvalue weighted by Gasteiger charge is 2.27. The third kappa shape index (κ3) is 4.47. The summed E-state index contributed by atoms with van der Waals surface area (Å²) in [5.74, 6) is 0.632. The lowest BCUT2D eigenvalue weighted by molar-refractivity contribution is 0.0298. The fourth-order valence-corrected chi connectivity index (χ4v) is 2.10. The molecule has 1 aromatic rings. The molecule has 6 nitrogen and oxygen atoms in total. The molecule has 1 saturated heterocycles. The van der Waals surface area contributed by atoms with Crippen molar-refractivity contribution < 1.29 is 9.15 Å². The van der Waals surface area contributed by atoms with Crippen LogP contribution in [0.3, 0.4) is 0 Å². The van der Waals surface area contributed by atoms with Gasteiger partial charge in [-0.15, -0.1) is 5.10 Å². The minimum Gasteiger partial charge on any atom is -0.407 e. The van der Waals surface area contributed by atoms with Gasteiger partial charge in [0.2, 0.25) is 5.89 Å². The summed E-state index contributed by atoms with van der Waals surface area (Å²) in [6, 6.07) is 0.515. The van der Waals surface area contributed by atoms with Gasteiger partial charge in [-0.05, 0) is 31.2 Å². The number of aromatic nitrogens is 2. The Morgan fingerprint density at radius 2 is 2.05 bits per heavy atom. The van der Waals surface area contributed by atoms with Crippen molar-refractivity contribution >= 4 is 6.01 Å². The van der Waals surface area contributed by atoms with Crippen LogP contribution in [-0.2, 0) is 11.3 Å². The van der Waals surface area contributed by atoms with Crippen LogP contribution in [0.1, 0.15) is 39.0 Å². The van der Waals surface area contributed by atoms with E-state index >= 15 is 0 Å². The van der Waals surface area contributed by atoms with E-state index in [-0.39, 0.29) is 5.41 Å². The zero-order valence-electron chi connectivity index (χ0n) is 11.9. The van der Waals surface area contributed by atoms with Gasteiger partial charge in [0.1, 0.15) is 0 Å². The molecule has 19 heavy (non-hydrogen) atoms. The summed E-state index contributed by atoms with van der Waals surface area (Å²) in [4.78, 5) is 0. The molecule has 0 radical (unpaired) electrons. The van der Waals surface area contributed by atoms with Gasteiger partial charge in [0.15, 0.2) is 0 Å². The molecule has 1 aromatic heterocycles. The van der Waals surface area contributed by atoms with Crippen LogP contribution in [0.15, 0.2) is 4.42 Å². The van der Waals surface area contributed by atoms with Gasteiger partial charge in [0.25, 0.3) is 0 Å². The SMILES string of the molecule is CCCNCc1nnc(NCC2(C)CCOCC2)o1. The lowest BCUT2D eigenvalue weighted by Crippen LogP contribution is -2.33. The zero-order valence-corrected chi connectivity index (χ0v) is 11.9. The summed E-state index contributed by atoms with van der Waals surface area (Å²) in [5, 5.41) is 14.5. The third-order valence-electron chi connectivity index (χ3n) is 3.54. The molecular formula is C13H24N4O2. The van der Waals surface area contributed by atoms with Crippen molar-refractivity contribution in [2.75, 3.05) is 31.6 Å². The number of nitrogens with zero attached hydrogens (tertiary/aromatic N) is 2. The van der Waals surface area contributed by atoms with Gasteiger partial charge >= 0.3 is 6.01 Å². The molecule has 0 aliphatic carbocycles. The first-order valence-electron chi connectivity index (χ1n) is 7.06. The Bertz CT molecular complexity index is 374. The number of nitrogens with one attached hydrogen (secondary N) is 2. The number of anilines is 1. The quantitative estimate of drug-likeness (QED) is 0.735. The summed E-state index contributed by atoms with van der Waals surface area (Å²) in [6.45, 7) is 8.52. The van der Waals surface area contributed by atoms with Gasteiger partial charge in [-0.1, -0.05) is 18.9 Å². The first kappa shape index (κ1) is 14.3. The molecule has 0 atom stereocenters. The van der Waals surface area contributed by atoms with Crippen LogP contribution in [-0.4, -0.2) is 36.5 Å². The Morgan fingerprint density at radius 3 is 2.79 bits per heavy atom. The summed E-state index contributed by atoms with van der Waals surface area (Å²) < 4.78 is 10.9. The second kappa shape index (κ2) is 6.86. The van der Waals surface area contributed by atoms with Crippen LogP contribution >= 0.6 is 0 Å². The zero-order chi connectivity index (χ0) is 13.6. The molecule has 2 rings (SSSR count). The highest BCUT2D eigenvalue weighted by molar-refractivity contribution is 5.17. The fourth-order valence-electron chi connectivity index (χ4n) is 2.10. The van der Waals surface area contributed by atoms with Gasteiger partial charge in [-0.25, -0.2) is 0 Å². The number of hydrogen-bond acceptors (Lipinski definition) is 6. The molecule has 2 N–H and O–H groups in total. The topological polar surface area (TPSA) is 72.2 Å². The maximum Gasteiger partial charge on any atom is 0.315 e. The van der Waals surface area contributed by atoms with E-state index in [4.69, 9.17) is 9.15 Å². The Balaban J connectivity index is 1.76. The van der Waals surface area contributed by atoms with Crippen LogP contribution in [0.5, 0.6) is 0 Å². The lowest BCUT2D eigenvalue weighted by Gasteiger charge is -2.33. The monoisotopic (exact) mass is 268 g/mol. The average molecular weight is 268 g/mol. The molecule has 1 aliphatic rings. The molecule has 0 spiro atoms. The first-order valence-corrected chi connectivity index (χ1v) is 7.06. The van der Waals surface area contributed by atoms with Crippen molar-refractivity contribution in [1.82, 2.24) is 15.5 Å². The number of rotatable bonds is 7. The van der Waals surface area contributed by atoms with Crippen LogP contribution in [0.2, 0.25) is 0 Å². The Kier molecular flexibility index (Phi) is 5.15. The highest BCUT2D eigenvalue weighted by Crippen LogP contribution is 2.29. The molecule has 6 heteroatoms. The lowest BCUT2D eigenvalue weighted by atomic mass is 9.82. The molecular weight excluding hydrogens is 244 g/mol. The number of ether oxygens (including phenoxy) is 1. The van der Waals surface area contributed by atoms with E-state index in [0.717, 1.165) is 45.6 Å². The van der Waals surface area contributed by atoms with E-state index < -0.39 is 0 Å². The van der Waals surface area contributed by atoms with Crippen LogP contribution in [0.4, 0.5) is 6.01 Å². The van der Waals surface area contributed by atoms with Crippen molar-refractivity contribution in [3.05, 3.63) is 5.89 Å². The van der Waals surface area contributed by atoms with E-state index in [1.54, 1.807) is 0 Å². The molecule has 1 fully saturated rings. The van der Waals surface area contributed by atoms with E-state index in [1.807, 2.05) is 0 Å². The summed E-state index contributed by atoms with van der Waals surface area (Å²) in [6.07, 6.45) is 3.23. The van der Waals surface area contributed by atoms with Crippen molar-refractivity contribution in [2.24, 2.45) is 5.41 Å². The highest BCUT2D eigenvalue weighted by atomic mass is 16.5. The van der Waals surface area contributed by atoms with Crippen molar-refractivity contribution in [1.29, 1.82) is 0 Å². The molecule has 1 aliphatic heterocycles. The largest absolute Gasteiger partial charge is 0.407 e. The van der Waals surface area contributed by atoms with E-state index in [2.05, 4.69) is 34.7 Å². The second-order valence-electron chi connectivity index (χ2n) is 5.45. The average Bonchev–Trinajstić information content (AvgIpc) is 2.86. The maximum atomic E-state index is 5.54. The van der Waals surface area contributed by atoms with E-state index in [0.29, 0.717) is 18.5 Å². The van der Waals surface area contributed by atoms with Gasteiger partial charge < -0.3 is 19.8 Å². The Hall–Kier alpha value is -1.14. The molecule has 0 unspecified atom stereocenters. The predicted molar refractivity (Wildman–Crippen MR) is 72.9 cm³/mol. The summed E-state index contributed by atoms with van der Waals surface area (Å²) in [5.41, 5.74) is 0.257. The minimum absolute atomic E-state index is 0.257. The Morgan fingerprint density at radius 1 is 1.26 bits per heavy atom. The van der Waals surface area contributed by atoms with E-state index in [1.165, 1.54) is 0 Å². The first-order chi connectivity index (χ1) is 9.22. The van der Waals surface area contributed by atoms with E-state index in [9.17, 15) is 0 Å². The molecule has 0 saturated carbocycles. The predicted octanol–water partition coefficient (Wildman–Crippen LogP) is 1.80.